The van der Waals surface area contributed by atoms with Crippen molar-refractivity contribution in [1.82, 2.24) is 0 Å². The van der Waals surface area contributed by atoms with Crippen molar-refractivity contribution in [1.29, 1.82) is 0 Å². The largest absolute Gasteiger partial charge is 0.481 e. The van der Waals surface area contributed by atoms with Gasteiger partial charge in [0.05, 0.1) is 17.9 Å². The molecular formula is C10H9NO3S. The molecule has 1 aromatic rings. The van der Waals surface area contributed by atoms with E-state index in [1.165, 1.54) is 11.8 Å². The zero-order valence-electron chi connectivity index (χ0n) is 7.82. The van der Waals surface area contributed by atoms with E-state index in [9.17, 15) is 9.59 Å². The molecule has 1 heterocycles. The molecule has 0 spiro atoms. The van der Waals surface area contributed by atoms with E-state index >= 15 is 0 Å². The van der Waals surface area contributed by atoms with Crippen LogP contribution in [0.3, 0.4) is 0 Å². The Balaban J connectivity index is 2.28. The maximum atomic E-state index is 11.1. The van der Waals surface area contributed by atoms with Crippen molar-refractivity contribution in [3.63, 3.8) is 0 Å². The first-order chi connectivity index (χ1) is 7.15. The van der Waals surface area contributed by atoms with Crippen molar-refractivity contribution in [3.05, 3.63) is 23.8 Å². The number of aliphatic carboxylic acids is 1. The summed E-state index contributed by atoms with van der Waals surface area (Å²) in [6.07, 6.45) is -0.0200. The topological polar surface area (TPSA) is 66.4 Å². The Labute approximate surface area is 90.7 Å². The Morgan fingerprint density at radius 1 is 1.53 bits per heavy atom. The minimum absolute atomic E-state index is 0.0200. The van der Waals surface area contributed by atoms with Crippen LogP contribution in [0.1, 0.15) is 5.56 Å². The quantitative estimate of drug-likeness (QED) is 0.794. The number of carboxylic acid groups (broad SMARTS) is 1. The molecule has 0 unspecified atom stereocenters. The predicted molar refractivity (Wildman–Crippen MR) is 57.1 cm³/mol. The summed E-state index contributed by atoms with van der Waals surface area (Å²) in [6, 6.07) is 5.34. The van der Waals surface area contributed by atoms with Crippen LogP contribution in [0.5, 0.6) is 0 Å². The number of hydrogen-bond acceptors (Lipinski definition) is 3. The number of thioether (sulfide) groups is 1. The van der Waals surface area contributed by atoms with Crippen LogP contribution in [-0.2, 0) is 16.0 Å². The molecule has 0 radical (unpaired) electrons. The maximum Gasteiger partial charge on any atom is 0.307 e. The third-order valence-corrected chi connectivity index (χ3v) is 3.11. The third kappa shape index (κ3) is 2.30. The van der Waals surface area contributed by atoms with E-state index in [-0.39, 0.29) is 12.3 Å². The van der Waals surface area contributed by atoms with E-state index in [0.29, 0.717) is 11.3 Å². The van der Waals surface area contributed by atoms with Gasteiger partial charge in [-0.2, -0.15) is 0 Å². The molecule has 5 heteroatoms. The number of fused-ring (bicyclic) bond motifs is 1. The molecule has 78 valence electrons. The number of nitrogens with one attached hydrogen (secondary N) is 1. The Hall–Kier alpha value is -1.49. The molecule has 2 N–H and O–H groups in total. The molecule has 0 saturated carbocycles. The summed E-state index contributed by atoms with van der Waals surface area (Å²) in [7, 11) is 0. The van der Waals surface area contributed by atoms with Crippen molar-refractivity contribution in [2.24, 2.45) is 0 Å². The fraction of sp³-hybridized carbons (Fsp3) is 0.200. The molecule has 2 rings (SSSR count). The first-order valence-electron chi connectivity index (χ1n) is 4.42. The number of carbonyl (C=O) groups excluding carboxylic acids is 1. The molecule has 1 aromatic carbocycles. The van der Waals surface area contributed by atoms with Gasteiger partial charge in [-0.25, -0.2) is 0 Å². The normalized spacial score (nSPS) is 14.3. The van der Waals surface area contributed by atoms with Crippen molar-refractivity contribution < 1.29 is 14.7 Å². The second-order valence-corrected chi connectivity index (χ2v) is 4.26. The highest BCUT2D eigenvalue weighted by Gasteiger charge is 2.15. The highest BCUT2D eigenvalue weighted by Crippen LogP contribution is 2.31. The van der Waals surface area contributed by atoms with Gasteiger partial charge < -0.3 is 10.4 Å². The Kier molecular flexibility index (Phi) is 2.64. The SMILES string of the molecule is O=C(O)Cc1ccc2c(c1)NC(=O)CS2. The van der Waals surface area contributed by atoms with Gasteiger partial charge in [-0.1, -0.05) is 6.07 Å². The zero-order valence-corrected chi connectivity index (χ0v) is 8.63. The van der Waals surface area contributed by atoms with E-state index in [1.807, 2.05) is 6.07 Å². The number of rotatable bonds is 2. The Morgan fingerprint density at radius 2 is 2.33 bits per heavy atom. The van der Waals surface area contributed by atoms with Crippen LogP contribution in [0.25, 0.3) is 0 Å². The highest BCUT2D eigenvalue weighted by molar-refractivity contribution is 8.00. The number of carbonyl (C=O) groups is 2. The molecular weight excluding hydrogens is 214 g/mol. The van der Waals surface area contributed by atoms with Crippen LogP contribution in [0.2, 0.25) is 0 Å². The average Bonchev–Trinajstić information content (AvgIpc) is 2.16. The molecule has 0 saturated heterocycles. The summed E-state index contributed by atoms with van der Waals surface area (Å²) in [5.41, 5.74) is 1.42. The van der Waals surface area contributed by atoms with E-state index in [0.717, 1.165) is 10.6 Å². The standard InChI is InChI=1S/C10H9NO3S/c12-9-5-15-8-2-1-6(4-10(13)14)3-7(8)11-9/h1-3H,4-5H2,(H,11,12)(H,13,14). The minimum Gasteiger partial charge on any atom is -0.481 e. The Morgan fingerprint density at radius 3 is 3.07 bits per heavy atom. The molecule has 1 aliphatic heterocycles. The number of amides is 1. The van der Waals surface area contributed by atoms with Crippen LogP contribution in [0.15, 0.2) is 23.1 Å². The summed E-state index contributed by atoms with van der Waals surface area (Å²) in [4.78, 5) is 22.6. The van der Waals surface area contributed by atoms with Gasteiger partial charge in [0.15, 0.2) is 0 Å². The third-order valence-electron chi connectivity index (χ3n) is 2.03. The number of benzene rings is 1. The second-order valence-electron chi connectivity index (χ2n) is 3.24. The lowest BCUT2D eigenvalue weighted by atomic mass is 10.1. The monoisotopic (exact) mass is 223 g/mol. The van der Waals surface area contributed by atoms with E-state index in [4.69, 9.17) is 5.11 Å². The number of anilines is 1. The molecule has 0 aromatic heterocycles. The fourth-order valence-corrected chi connectivity index (χ4v) is 2.20. The van der Waals surface area contributed by atoms with Crippen molar-refractivity contribution in [2.75, 3.05) is 11.1 Å². The highest BCUT2D eigenvalue weighted by atomic mass is 32.2. The smallest absolute Gasteiger partial charge is 0.307 e. The zero-order chi connectivity index (χ0) is 10.8. The van der Waals surface area contributed by atoms with Gasteiger partial charge in [-0.05, 0) is 17.7 Å². The summed E-state index contributed by atoms with van der Waals surface area (Å²) >= 11 is 1.46. The van der Waals surface area contributed by atoms with Crippen LogP contribution < -0.4 is 5.32 Å². The van der Waals surface area contributed by atoms with E-state index in [1.54, 1.807) is 12.1 Å². The lowest BCUT2D eigenvalue weighted by molar-refractivity contribution is -0.136. The van der Waals surface area contributed by atoms with Crippen molar-refractivity contribution in [3.8, 4) is 0 Å². The van der Waals surface area contributed by atoms with Gasteiger partial charge in [-0.15, -0.1) is 11.8 Å². The summed E-state index contributed by atoms with van der Waals surface area (Å²) in [5.74, 6) is -0.490. The number of hydrogen-bond donors (Lipinski definition) is 2. The van der Waals surface area contributed by atoms with E-state index < -0.39 is 5.97 Å². The van der Waals surface area contributed by atoms with Crippen molar-refractivity contribution >= 4 is 29.3 Å². The molecule has 1 aliphatic rings. The molecule has 0 bridgehead atoms. The van der Waals surface area contributed by atoms with Crippen LogP contribution in [0.4, 0.5) is 5.69 Å². The summed E-state index contributed by atoms with van der Waals surface area (Å²) in [6.45, 7) is 0. The van der Waals surface area contributed by atoms with Crippen LogP contribution >= 0.6 is 11.8 Å². The molecule has 4 nitrogen and oxygen atoms in total. The maximum absolute atomic E-state index is 11.1. The minimum atomic E-state index is -0.871. The Bertz CT molecular complexity index is 431. The second kappa shape index (κ2) is 3.94. The van der Waals surface area contributed by atoms with Gasteiger partial charge in [0.2, 0.25) is 5.91 Å². The average molecular weight is 223 g/mol. The molecule has 0 aliphatic carbocycles. The van der Waals surface area contributed by atoms with Gasteiger partial charge >= 0.3 is 5.97 Å². The molecule has 15 heavy (non-hydrogen) atoms. The van der Waals surface area contributed by atoms with Gasteiger partial charge in [0.1, 0.15) is 0 Å². The van der Waals surface area contributed by atoms with Crippen LogP contribution in [0, 0.1) is 0 Å². The molecule has 0 atom stereocenters. The lowest BCUT2D eigenvalue weighted by Gasteiger charge is -2.16. The van der Waals surface area contributed by atoms with Gasteiger partial charge in [0, 0.05) is 4.90 Å². The van der Waals surface area contributed by atoms with Crippen molar-refractivity contribution in [2.45, 2.75) is 11.3 Å². The molecule has 0 fully saturated rings. The summed E-state index contributed by atoms with van der Waals surface area (Å²) < 4.78 is 0. The lowest BCUT2D eigenvalue weighted by Crippen LogP contribution is -2.18. The summed E-state index contributed by atoms with van der Waals surface area (Å²) in [5, 5.41) is 11.4. The molecule has 1 amide bonds. The van der Waals surface area contributed by atoms with Gasteiger partial charge in [0.25, 0.3) is 0 Å². The van der Waals surface area contributed by atoms with Crippen LogP contribution in [-0.4, -0.2) is 22.7 Å². The first kappa shape index (κ1) is 10.0. The fourth-order valence-electron chi connectivity index (χ4n) is 1.41. The van der Waals surface area contributed by atoms with E-state index in [2.05, 4.69) is 5.32 Å². The number of carboxylic acids is 1. The van der Waals surface area contributed by atoms with Gasteiger partial charge in [-0.3, -0.25) is 9.59 Å². The first-order valence-corrected chi connectivity index (χ1v) is 5.41. The predicted octanol–water partition coefficient (Wildman–Crippen LogP) is 1.36.